The first kappa shape index (κ1) is 25100. The normalized spacial score (nSPS) is 0. The Bertz CT molecular complexity index is 10.8. The maximum absolute atomic E-state index is 0. The van der Waals surface area contributed by atoms with E-state index in [2.05, 4.69) is 0 Å². The van der Waals surface area contributed by atoms with E-state index in [1.165, 1.54) is 0 Å². The van der Waals surface area contributed by atoms with Gasteiger partial charge in [0.15, 0.2) is 0 Å². The van der Waals surface area contributed by atoms with Crippen LogP contribution < -0.4 is 0 Å². The van der Waals surface area contributed by atoms with Crippen LogP contribution in [0.5, 0.6) is 0 Å². The molecule has 0 aliphatic carbocycles. The molecular formula is CH6ClHeO3. The predicted octanol–water partition coefficient (Wildman–Crippen LogP) is -1.32. The van der Waals surface area contributed by atoms with E-state index in [9.17, 15) is 0 Å². The molecule has 0 fully saturated rings. The van der Waals surface area contributed by atoms with Gasteiger partial charge in [0.1, 0.15) is 0 Å². The number of hydrogen-bond acceptors (Lipinski definition) is 0. The molecule has 0 unspecified atom stereocenters. The molecule has 5 radical (unpaired) electrons. The van der Waals surface area contributed by atoms with Gasteiger partial charge in [-0.1, -0.05) is 0 Å². The Kier molecular flexibility index (Phi) is 56500000. The quantitative estimate of drug-likeness (QED) is 0.396. The number of rotatable bonds is 0. The molecule has 0 saturated carbocycles. The Balaban J connectivity index is 0. The Morgan fingerprint density at radius 1 is 0.833 bits per heavy atom. The predicted molar refractivity (Wildman–Crippen MR) is 19.7 cm³/mol. The standard InChI is InChI=1S/C.ClH.He.2H2O.HO/h;1H;;2*1H2;1H. The summed E-state index contributed by atoms with van der Waals surface area (Å²) in [5.41, 5.74) is 0. The smallest absolute Gasteiger partial charge is 0 e. The molecule has 0 aromatic heterocycles. The molecule has 5 N–H and O–H groups in total. The van der Waals surface area contributed by atoms with E-state index in [1.807, 2.05) is 0 Å². The molecule has 0 aromatic rings. The van der Waals surface area contributed by atoms with Crippen molar-refractivity contribution < 1.29 is 22.6 Å². The molecular weight excluding hydrogens is 99.5 g/mol. The molecule has 6 heavy (non-hydrogen) atoms. The third-order valence-electron chi connectivity index (χ3n) is 0. The first-order valence-corrected chi connectivity index (χ1v) is 0. The van der Waals surface area contributed by atoms with Gasteiger partial charge in [-0.15, -0.1) is 12.4 Å². The van der Waals surface area contributed by atoms with E-state index >= 15 is 0 Å². The van der Waals surface area contributed by atoms with Gasteiger partial charge < -0.3 is 11.0 Å². The second kappa shape index (κ2) is 13500. The summed E-state index contributed by atoms with van der Waals surface area (Å²) in [7, 11) is 0. The third-order valence-corrected chi connectivity index (χ3v) is 0. The van der Waals surface area contributed by atoms with Gasteiger partial charge in [0, 0.05) is 13.6 Å². The zero-order valence-corrected chi connectivity index (χ0v) is 3.88. The minimum atomic E-state index is 0. The zero-order chi connectivity index (χ0) is 0. The molecule has 3 nitrogen and oxygen atoms in total. The van der Waals surface area contributed by atoms with Crippen molar-refractivity contribution in [3.8, 4) is 0 Å². The van der Waals surface area contributed by atoms with Gasteiger partial charge in [-0.3, -0.25) is 5.48 Å². The van der Waals surface area contributed by atoms with Crippen LogP contribution >= 0.6 is 12.4 Å². The first-order valence-electron chi connectivity index (χ1n) is 0. The second-order valence-electron chi connectivity index (χ2n) is 0. The van der Waals surface area contributed by atoms with Crippen molar-refractivity contribution in [1.29, 1.82) is 0 Å². The maximum atomic E-state index is 0. The number of halogens is 1. The number of hydrogen-bond donors (Lipinski definition) is 1. The van der Waals surface area contributed by atoms with Crippen LogP contribution in [0, 0.1) is 13.6 Å². The van der Waals surface area contributed by atoms with Crippen LogP contribution in [-0.2, 0) is 0 Å². The van der Waals surface area contributed by atoms with Crippen LogP contribution in [0.4, 0.5) is 0 Å². The summed E-state index contributed by atoms with van der Waals surface area (Å²) in [4.78, 5) is 0. The Morgan fingerprint density at radius 2 is 0.833 bits per heavy atom. The zero-order valence-electron chi connectivity index (χ0n) is 3.06. The summed E-state index contributed by atoms with van der Waals surface area (Å²) in [5.74, 6) is 0. The van der Waals surface area contributed by atoms with E-state index in [-0.39, 0.29) is 42.4 Å². The summed E-state index contributed by atoms with van der Waals surface area (Å²) in [6.45, 7) is 0. The van der Waals surface area contributed by atoms with Crippen LogP contribution in [0.1, 0.15) is 0 Å². The molecule has 37 valence electrons. The van der Waals surface area contributed by atoms with Gasteiger partial charge >= 0.3 is 0 Å². The maximum Gasteiger partial charge on any atom is 0 e. The molecule has 0 bridgehead atoms. The van der Waals surface area contributed by atoms with E-state index in [4.69, 9.17) is 0 Å². The van der Waals surface area contributed by atoms with Crippen molar-refractivity contribution in [3.05, 3.63) is 7.43 Å². The summed E-state index contributed by atoms with van der Waals surface area (Å²) in [6.07, 6.45) is 0. The third kappa shape index (κ3) is 6180. The average Bonchev–Trinajstić information content (AvgIpc) is 0. The van der Waals surface area contributed by atoms with Crippen molar-refractivity contribution in [3.63, 3.8) is 0 Å². The van der Waals surface area contributed by atoms with Gasteiger partial charge in [0.05, 0.1) is 0 Å². The van der Waals surface area contributed by atoms with Crippen LogP contribution in [0.2, 0.25) is 0 Å². The monoisotopic (exact) mass is 105 g/mol. The average molecular weight is 106 g/mol. The molecule has 0 heterocycles. The van der Waals surface area contributed by atoms with Crippen molar-refractivity contribution in [2.75, 3.05) is 0 Å². The van der Waals surface area contributed by atoms with Crippen molar-refractivity contribution in [2.45, 2.75) is 0 Å². The molecule has 0 aliphatic heterocycles. The summed E-state index contributed by atoms with van der Waals surface area (Å²) in [5, 5.41) is 0. The summed E-state index contributed by atoms with van der Waals surface area (Å²) >= 11 is 0. The fourth-order valence-electron chi connectivity index (χ4n) is 0. The SMILES string of the molecule is Cl.O.O.[C].[He].[OH]. The summed E-state index contributed by atoms with van der Waals surface area (Å²) < 4.78 is 0. The molecule has 0 aliphatic rings. The topological polar surface area (TPSA) is 93.0 Å². The largest absolute Gasteiger partial charge is 0.412 e. The van der Waals surface area contributed by atoms with Crippen molar-refractivity contribution >= 4 is 12.4 Å². The van der Waals surface area contributed by atoms with Gasteiger partial charge in [0.2, 0.25) is 0 Å². The van der Waals surface area contributed by atoms with Crippen LogP contribution in [0.25, 0.3) is 0 Å². The van der Waals surface area contributed by atoms with E-state index in [0.717, 1.165) is 0 Å². The van der Waals surface area contributed by atoms with Crippen LogP contribution in [0.3, 0.4) is 0 Å². The van der Waals surface area contributed by atoms with Gasteiger partial charge in [0.25, 0.3) is 0 Å². The fourth-order valence-corrected chi connectivity index (χ4v) is 0. The van der Waals surface area contributed by atoms with Crippen molar-refractivity contribution in [1.82, 2.24) is 0 Å². The Hall–Kier alpha value is 0.0791. The molecule has 5 heteroatoms. The van der Waals surface area contributed by atoms with Gasteiger partial charge in [-0.05, 0) is 0 Å². The summed E-state index contributed by atoms with van der Waals surface area (Å²) in [6, 6.07) is 0. The van der Waals surface area contributed by atoms with Crippen LogP contribution in [0.15, 0.2) is 0 Å². The second-order valence-corrected chi connectivity index (χ2v) is 0. The minimum Gasteiger partial charge on any atom is -0.412 e. The van der Waals surface area contributed by atoms with E-state index in [1.54, 1.807) is 0 Å². The molecule has 0 aromatic carbocycles. The molecule has 0 saturated heterocycles. The van der Waals surface area contributed by atoms with Crippen molar-refractivity contribution in [2.24, 2.45) is 0 Å². The molecule has 0 atom stereocenters. The van der Waals surface area contributed by atoms with Crippen LogP contribution in [-0.4, -0.2) is 16.4 Å². The Morgan fingerprint density at radius 3 is 0.833 bits per heavy atom. The fraction of sp³-hybridized carbons (Fsp3) is 0. The van der Waals surface area contributed by atoms with Gasteiger partial charge in [-0.25, -0.2) is 0 Å². The van der Waals surface area contributed by atoms with E-state index in [0.29, 0.717) is 0 Å². The molecule has 0 amide bonds. The van der Waals surface area contributed by atoms with E-state index < -0.39 is 0 Å². The first-order chi connectivity index (χ1) is 0. The minimum absolute atomic E-state index is 0. The van der Waals surface area contributed by atoms with Gasteiger partial charge in [-0.2, -0.15) is 0 Å². The molecule has 0 rings (SSSR count). The molecule has 0 spiro atoms. The Labute approximate surface area is 43.5 Å².